The van der Waals surface area contributed by atoms with E-state index in [9.17, 15) is 4.79 Å². The summed E-state index contributed by atoms with van der Waals surface area (Å²) >= 11 is 0. The van der Waals surface area contributed by atoms with E-state index >= 15 is 0 Å². The molecular weight excluding hydrogens is 334 g/mol. The predicted octanol–water partition coefficient (Wildman–Crippen LogP) is 3.24. The van der Waals surface area contributed by atoms with Crippen LogP contribution >= 0.6 is 0 Å². The summed E-state index contributed by atoms with van der Waals surface area (Å²) in [7, 11) is 3.20. The van der Waals surface area contributed by atoms with Crippen molar-refractivity contribution in [3.8, 4) is 23.0 Å². The van der Waals surface area contributed by atoms with Crippen LogP contribution in [-0.2, 0) is 11.2 Å². The number of carbonyl (C=O) groups is 1. The number of hydrogen-bond acceptors (Lipinski definition) is 5. The van der Waals surface area contributed by atoms with E-state index in [0.717, 1.165) is 16.9 Å². The number of fused-ring (bicyclic) bond motifs is 1. The molecular formula is C20H23NO5. The minimum atomic E-state index is -0.121. The van der Waals surface area contributed by atoms with Gasteiger partial charge in [-0.05, 0) is 42.7 Å². The molecule has 6 nitrogen and oxygen atoms in total. The monoisotopic (exact) mass is 357 g/mol. The summed E-state index contributed by atoms with van der Waals surface area (Å²) < 4.78 is 21.4. The van der Waals surface area contributed by atoms with Gasteiger partial charge < -0.3 is 24.3 Å². The van der Waals surface area contributed by atoms with Gasteiger partial charge in [-0.15, -0.1) is 0 Å². The Kier molecular flexibility index (Phi) is 5.51. The molecule has 0 radical (unpaired) electrons. The molecule has 0 spiro atoms. The molecule has 6 heteroatoms. The average Bonchev–Trinajstić information content (AvgIpc) is 3.13. The number of para-hydroxylation sites is 1. The van der Waals surface area contributed by atoms with E-state index in [1.165, 1.54) is 0 Å². The smallest absolute Gasteiger partial charge is 0.231 e. The molecule has 1 aliphatic rings. The molecule has 1 N–H and O–H groups in total. The van der Waals surface area contributed by atoms with Crippen molar-refractivity contribution >= 4 is 5.91 Å². The highest BCUT2D eigenvalue weighted by Crippen LogP contribution is 2.34. The van der Waals surface area contributed by atoms with Crippen LogP contribution < -0.4 is 24.3 Å². The topological polar surface area (TPSA) is 66.0 Å². The first-order valence-corrected chi connectivity index (χ1v) is 8.51. The molecule has 26 heavy (non-hydrogen) atoms. The molecule has 1 amide bonds. The fourth-order valence-electron chi connectivity index (χ4n) is 2.98. The number of amides is 1. The van der Waals surface area contributed by atoms with Crippen LogP contribution in [0.4, 0.5) is 0 Å². The summed E-state index contributed by atoms with van der Waals surface area (Å²) in [5, 5.41) is 3.02. The number of nitrogens with one attached hydrogen (secondary N) is 1. The maximum absolute atomic E-state index is 12.3. The zero-order valence-corrected chi connectivity index (χ0v) is 15.2. The lowest BCUT2D eigenvalue weighted by Crippen LogP contribution is -2.26. The Morgan fingerprint density at radius 2 is 1.96 bits per heavy atom. The molecule has 138 valence electrons. The van der Waals surface area contributed by atoms with Crippen molar-refractivity contribution in [1.29, 1.82) is 0 Å². The Morgan fingerprint density at radius 1 is 1.15 bits per heavy atom. The molecule has 3 rings (SSSR count). The normalized spacial score (nSPS) is 13.2. The van der Waals surface area contributed by atoms with Crippen LogP contribution in [0.15, 0.2) is 36.4 Å². The van der Waals surface area contributed by atoms with E-state index in [0.29, 0.717) is 30.1 Å². The van der Waals surface area contributed by atoms with E-state index in [1.54, 1.807) is 14.2 Å². The third kappa shape index (κ3) is 3.85. The summed E-state index contributed by atoms with van der Waals surface area (Å²) in [5.41, 5.74) is 1.92. The van der Waals surface area contributed by atoms with Crippen molar-refractivity contribution in [3.05, 3.63) is 47.5 Å². The molecule has 1 heterocycles. The zero-order chi connectivity index (χ0) is 18.5. The minimum absolute atomic E-state index is 0.0277. The summed E-state index contributed by atoms with van der Waals surface area (Å²) in [6.45, 7) is 2.18. The van der Waals surface area contributed by atoms with Gasteiger partial charge in [-0.2, -0.15) is 0 Å². The van der Waals surface area contributed by atoms with Gasteiger partial charge >= 0.3 is 0 Å². The van der Waals surface area contributed by atoms with Crippen LogP contribution in [0, 0.1) is 0 Å². The van der Waals surface area contributed by atoms with E-state index in [4.69, 9.17) is 18.9 Å². The Bertz CT molecular complexity index is 790. The Hall–Kier alpha value is -2.89. The van der Waals surface area contributed by atoms with Crippen molar-refractivity contribution in [2.75, 3.05) is 21.0 Å². The van der Waals surface area contributed by atoms with Gasteiger partial charge in [0.15, 0.2) is 23.0 Å². The number of hydrogen-bond donors (Lipinski definition) is 1. The third-order valence-corrected chi connectivity index (χ3v) is 4.38. The van der Waals surface area contributed by atoms with Crippen molar-refractivity contribution in [3.63, 3.8) is 0 Å². The number of rotatable bonds is 7. The molecule has 0 saturated heterocycles. The molecule has 0 saturated carbocycles. The minimum Gasteiger partial charge on any atom is -0.493 e. The number of methoxy groups -OCH3 is 2. The molecule has 1 atom stereocenters. The third-order valence-electron chi connectivity index (χ3n) is 4.38. The standard InChI is InChI=1S/C20H23NO5/c1-13(15-7-9-16-18(11-15)26-12-25-16)21-19(22)10-8-14-5-4-6-17(23-2)20(14)24-3/h4-7,9,11,13H,8,10,12H2,1-3H3,(H,21,22). The molecule has 0 aliphatic carbocycles. The Morgan fingerprint density at radius 3 is 2.73 bits per heavy atom. The van der Waals surface area contributed by atoms with Crippen molar-refractivity contribution < 1.29 is 23.7 Å². The Labute approximate surface area is 153 Å². The van der Waals surface area contributed by atoms with Crippen LogP contribution in [0.25, 0.3) is 0 Å². The van der Waals surface area contributed by atoms with E-state index in [1.807, 2.05) is 43.3 Å². The number of ether oxygens (including phenoxy) is 4. The molecule has 0 bridgehead atoms. The maximum atomic E-state index is 12.3. The number of aryl methyl sites for hydroxylation is 1. The van der Waals surface area contributed by atoms with Gasteiger partial charge in [0.2, 0.25) is 12.7 Å². The lowest BCUT2D eigenvalue weighted by Gasteiger charge is -2.16. The molecule has 2 aromatic carbocycles. The molecule has 2 aromatic rings. The first kappa shape index (κ1) is 17.9. The molecule has 1 unspecified atom stereocenters. The molecule has 0 aromatic heterocycles. The van der Waals surface area contributed by atoms with E-state index in [2.05, 4.69) is 5.32 Å². The predicted molar refractivity (Wildman–Crippen MR) is 97.0 cm³/mol. The van der Waals surface area contributed by atoms with Gasteiger partial charge in [-0.1, -0.05) is 18.2 Å². The molecule has 0 fully saturated rings. The fourth-order valence-corrected chi connectivity index (χ4v) is 2.98. The highest BCUT2D eigenvalue weighted by Gasteiger charge is 2.17. The van der Waals surface area contributed by atoms with E-state index < -0.39 is 0 Å². The van der Waals surface area contributed by atoms with Crippen molar-refractivity contribution in [2.45, 2.75) is 25.8 Å². The average molecular weight is 357 g/mol. The van der Waals surface area contributed by atoms with Crippen LogP contribution in [0.3, 0.4) is 0 Å². The first-order valence-electron chi connectivity index (χ1n) is 8.51. The number of carbonyl (C=O) groups excluding carboxylic acids is 1. The lowest BCUT2D eigenvalue weighted by atomic mass is 10.1. The van der Waals surface area contributed by atoms with Gasteiger partial charge in [-0.3, -0.25) is 4.79 Å². The summed E-state index contributed by atoms with van der Waals surface area (Å²) in [6.07, 6.45) is 0.929. The van der Waals surface area contributed by atoms with Crippen LogP contribution in [0.5, 0.6) is 23.0 Å². The maximum Gasteiger partial charge on any atom is 0.231 e. The Balaban J connectivity index is 1.59. The summed E-state index contributed by atoms with van der Waals surface area (Å²) in [6, 6.07) is 11.2. The van der Waals surface area contributed by atoms with E-state index in [-0.39, 0.29) is 18.7 Å². The second kappa shape index (κ2) is 7.99. The van der Waals surface area contributed by atoms with Crippen LogP contribution in [0.1, 0.15) is 30.5 Å². The fraction of sp³-hybridized carbons (Fsp3) is 0.350. The summed E-state index contributed by atoms with van der Waals surface area (Å²) in [5.74, 6) is 2.76. The van der Waals surface area contributed by atoms with Crippen LogP contribution in [0.2, 0.25) is 0 Å². The van der Waals surface area contributed by atoms with Gasteiger partial charge in [0.1, 0.15) is 0 Å². The van der Waals surface area contributed by atoms with Crippen molar-refractivity contribution in [1.82, 2.24) is 5.32 Å². The first-order chi connectivity index (χ1) is 12.6. The van der Waals surface area contributed by atoms with Crippen LogP contribution in [-0.4, -0.2) is 26.9 Å². The van der Waals surface area contributed by atoms with Gasteiger partial charge in [0, 0.05) is 6.42 Å². The van der Waals surface area contributed by atoms with Gasteiger partial charge in [-0.25, -0.2) is 0 Å². The second-order valence-electron chi connectivity index (χ2n) is 6.05. The van der Waals surface area contributed by atoms with Crippen molar-refractivity contribution in [2.24, 2.45) is 0 Å². The highest BCUT2D eigenvalue weighted by atomic mass is 16.7. The SMILES string of the molecule is COc1cccc(CCC(=O)NC(C)c2ccc3c(c2)OCO3)c1OC. The summed E-state index contributed by atoms with van der Waals surface area (Å²) in [4.78, 5) is 12.3. The van der Waals surface area contributed by atoms with Gasteiger partial charge in [0.05, 0.1) is 20.3 Å². The molecule has 1 aliphatic heterocycles. The lowest BCUT2D eigenvalue weighted by molar-refractivity contribution is -0.121. The number of benzene rings is 2. The highest BCUT2D eigenvalue weighted by molar-refractivity contribution is 5.77. The second-order valence-corrected chi connectivity index (χ2v) is 6.05. The largest absolute Gasteiger partial charge is 0.493 e. The zero-order valence-electron chi connectivity index (χ0n) is 15.2. The quantitative estimate of drug-likeness (QED) is 0.824. The van der Waals surface area contributed by atoms with Gasteiger partial charge in [0.25, 0.3) is 0 Å².